The van der Waals surface area contributed by atoms with Crippen LogP contribution in [-0.2, 0) is 17.5 Å². The summed E-state index contributed by atoms with van der Waals surface area (Å²) in [6, 6.07) is 7.38. The van der Waals surface area contributed by atoms with Crippen molar-refractivity contribution < 1.29 is 22.7 Å². The van der Waals surface area contributed by atoms with Gasteiger partial charge in [-0.15, -0.1) is 0 Å². The maximum atomic E-state index is 13.0. The quantitative estimate of drug-likeness (QED) is 0.391. The Morgan fingerprint density at radius 3 is 2.68 bits per heavy atom. The second-order valence-corrected chi connectivity index (χ2v) is 7.43. The normalized spacial score (nSPS) is 11.6. The molecule has 0 saturated heterocycles. The van der Waals surface area contributed by atoms with Crippen LogP contribution in [0.2, 0.25) is 5.02 Å². The molecule has 0 fully saturated rings. The molecule has 2 N–H and O–H groups in total. The molecule has 11 heteroatoms. The fourth-order valence-electron chi connectivity index (χ4n) is 2.99. The summed E-state index contributed by atoms with van der Waals surface area (Å²) in [4.78, 5) is 28.2. The number of anilines is 1. The molecule has 0 aliphatic heterocycles. The molecule has 0 atom stereocenters. The number of hydrogen-bond acceptors (Lipinski definition) is 4. The smallest absolute Gasteiger partial charge is 0.385 e. The molecule has 164 valence electrons. The topological polar surface area (TPSA) is 76.1 Å². The van der Waals surface area contributed by atoms with Gasteiger partial charge in [-0.1, -0.05) is 11.6 Å². The number of ether oxygens (including phenoxy) is 1. The van der Waals surface area contributed by atoms with Gasteiger partial charge in [0.25, 0.3) is 11.5 Å². The summed E-state index contributed by atoms with van der Waals surface area (Å²) in [6.07, 6.45) is -4.06. The lowest BCUT2D eigenvalue weighted by Crippen LogP contribution is -2.23. The molecule has 0 unspecified atom stereocenters. The van der Waals surface area contributed by atoms with E-state index in [-0.39, 0.29) is 21.6 Å². The van der Waals surface area contributed by atoms with Crippen molar-refractivity contribution in [2.45, 2.75) is 19.1 Å². The number of alkyl halides is 3. The lowest BCUT2D eigenvalue weighted by Gasteiger charge is -2.12. The van der Waals surface area contributed by atoms with Gasteiger partial charge in [0, 0.05) is 31.5 Å². The van der Waals surface area contributed by atoms with Crippen LogP contribution in [-0.4, -0.2) is 29.2 Å². The Kier molecular flexibility index (Phi) is 6.83. The highest BCUT2D eigenvalue weighted by Crippen LogP contribution is 2.36. The molecule has 2 aromatic carbocycles. The predicted molar refractivity (Wildman–Crippen MR) is 114 cm³/mol. The fourth-order valence-corrected chi connectivity index (χ4v) is 3.50. The van der Waals surface area contributed by atoms with E-state index in [4.69, 9.17) is 28.6 Å². The molecule has 31 heavy (non-hydrogen) atoms. The van der Waals surface area contributed by atoms with Crippen LogP contribution in [0.15, 0.2) is 41.2 Å². The third kappa shape index (κ3) is 5.15. The van der Waals surface area contributed by atoms with Crippen molar-refractivity contribution in [3.05, 3.63) is 67.7 Å². The summed E-state index contributed by atoms with van der Waals surface area (Å²) in [5.74, 6) is -0.652. The van der Waals surface area contributed by atoms with E-state index in [0.29, 0.717) is 30.5 Å². The number of nitrogens with one attached hydrogen (secondary N) is 2. The number of rotatable bonds is 6. The van der Waals surface area contributed by atoms with Crippen molar-refractivity contribution in [2.24, 2.45) is 0 Å². The van der Waals surface area contributed by atoms with Crippen LogP contribution in [0.4, 0.5) is 18.9 Å². The van der Waals surface area contributed by atoms with Crippen molar-refractivity contribution in [1.82, 2.24) is 9.55 Å². The molecule has 0 spiro atoms. The highest BCUT2D eigenvalue weighted by molar-refractivity contribution is 7.71. The number of halogens is 4. The zero-order valence-corrected chi connectivity index (χ0v) is 17.7. The van der Waals surface area contributed by atoms with Crippen LogP contribution in [0.1, 0.15) is 22.3 Å². The number of hydrogen-bond donors (Lipinski definition) is 2. The largest absolute Gasteiger partial charge is 0.417 e. The van der Waals surface area contributed by atoms with Gasteiger partial charge >= 0.3 is 6.18 Å². The Morgan fingerprint density at radius 2 is 2.00 bits per heavy atom. The molecule has 1 aromatic heterocycles. The molecule has 0 bridgehead atoms. The first kappa shape index (κ1) is 23.0. The van der Waals surface area contributed by atoms with Gasteiger partial charge in [0.05, 0.1) is 21.5 Å². The van der Waals surface area contributed by atoms with Crippen molar-refractivity contribution >= 4 is 46.3 Å². The van der Waals surface area contributed by atoms with Gasteiger partial charge in [-0.2, -0.15) is 13.2 Å². The minimum atomic E-state index is -4.65. The molecule has 0 aliphatic carbocycles. The van der Waals surface area contributed by atoms with E-state index in [0.717, 1.165) is 12.1 Å². The summed E-state index contributed by atoms with van der Waals surface area (Å²) in [7, 11) is 1.56. The number of nitrogens with zero attached hydrogens (tertiary/aromatic N) is 1. The van der Waals surface area contributed by atoms with E-state index < -0.39 is 22.7 Å². The van der Waals surface area contributed by atoms with Crippen LogP contribution in [0, 0.1) is 4.77 Å². The number of aromatic amines is 1. The third-order valence-corrected chi connectivity index (χ3v) is 5.16. The Morgan fingerprint density at radius 1 is 1.26 bits per heavy atom. The molecule has 1 heterocycles. The van der Waals surface area contributed by atoms with E-state index in [1.165, 1.54) is 28.8 Å². The Labute approximate surface area is 184 Å². The monoisotopic (exact) mass is 471 g/mol. The lowest BCUT2D eigenvalue weighted by atomic mass is 10.1. The molecule has 6 nitrogen and oxygen atoms in total. The first-order valence-corrected chi connectivity index (χ1v) is 9.84. The standard InChI is InChI=1S/C20H17ClF3N3O3S/c1-30-8-2-7-27-18(29)13-5-3-11(9-16(13)26-19(27)31)17(28)25-12-4-6-15(21)14(10-12)20(22,23)24/h3-6,9-10H,2,7-8H2,1H3,(H,25,28)(H,26,31). The molecule has 1 amide bonds. The molecule has 3 rings (SSSR count). The van der Waals surface area contributed by atoms with E-state index in [9.17, 15) is 22.8 Å². The minimum absolute atomic E-state index is 0.0664. The third-order valence-electron chi connectivity index (χ3n) is 4.50. The second kappa shape index (κ2) is 9.21. The van der Waals surface area contributed by atoms with Gasteiger partial charge in [0.15, 0.2) is 4.77 Å². The molecule has 0 aliphatic rings. The van der Waals surface area contributed by atoms with Crippen LogP contribution >= 0.6 is 23.8 Å². The average molecular weight is 472 g/mol. The van der Waals surface area contributed by atoms with Crippen molar-refractivity contribution in [3.8, 4) is 0 Å². The van der Waals surface area contributed by atoms with E-state index in [1.807, 2.05) is 0 Å². The number of methoxy groups -OCH3 is 1. The summed E-state index contributed by atoms with van der Waals surface area (Å²) in [6.45, 7) is 0.845. The summed E-state index contributed by atoms with van der Waals surface area (Å²) < 4.78 is 45.6. The molecule has 3 aromatic rings. The van der Waals surface area contributed by atoms with E-state index in [1.54, 1.807) is 7.11 Å². The van der Waals surface area contributed by atoms with Crippen LogP contribution in [0.25, 0.3) is 10.9 Å². The molecule has 0 saturated carbocycles. The predicted octanol–water partition coefficient (Wildman–Crippen LogP) is 5.02. The maximum Gasteiger partial charge on any atom is 0.417 e. The van der Waals surface area contributed by atoms with Gasteiger partial charge in [0.1, 0.15) is 0 Å². The summed E-state index contributed by atoms with van der Waals surface area (Å²) in [5, 5.41) is 2.26. The second-order valence-electron chi connectivity index (χ2n) is 6.64. The molecular weight excluding hydrogens is 455 g/mol. The number of benzene rings is 2. The Bertz CT molecular complexity index is 1250. The average Bonchev–Trinajstić information content (AvgIpc) is 2.70. The number of H-pyrrole nitrogens is 1. The number of carbonyl (C=O) groups is 1. The van der Waals surface area contributed by atoms with Crippen molar-refractivity contribution in [3.63, 3.8) is 0 Å². The molecular formula is C20H17ClF3N3O3S. The Balaban J connectivity index is 1.90. The van der Waals surface area contributed by atoms with Crippen molar-refractivity contribution in [1.29, 1.82) is 0 Å². The minimum Gasteiger partial charge on any atom is -0.385 e. The van der Waals surface area contributed by atoms with Crippen LogP contribution in [0.5, 0.6) is 0 Å². The van der Waals surface area contributed by atoms with Crippen LogP contribution in [0.3, 0.4) is 0 Å². The summed E-state index contributed by atoms with van der Waals surface area (Å²) in [5.41, 5.74) is -0.947. The number of amides is 1. The number of aromatic nitrogens is 2. The maximum absolute atomic E-state index is 13.0. The van der Waals surface area contributed by atoms with Gasteiger partial charge in [-0.05, 0) is 55.0 Å². The highest BCUT2D eigenvalue weighted by atomic mass is 35.5. The van der Waals surface area contributed by atoms with Gasteiger partial charge in [0.2, 0.25) is 0 Å². The zero-order chi connectivity index (χ0) is 22.8. The van der Waals surface area contributed by atoms with E-state index >= 15 is 0 Å². The molecule has 0 radical (unpaired) electrons. The number of fused-ring (bicyclic) bond motifs is 1. The fraction of sp³-hybridized carbons (Fsp3) is 0.250. The highest BCUT2D eigenvalue weighted by Gasteiger charge is 2.33. The van der Waals surface area contributed by atoms with Crippen molar-refractivity contribution in [2.75, 3.05) is 19.0 Å². The first-order valence-electron chi connectivity index (χ1n) is 9.05. The SMILES string of the molecule is COCCCn1c(=S)[nH]c2cc(C(=O)Nc3ccc(Cl)c(C(F)(F)F)c3)ccc2c1=O. The van der Waals surface area contributed by atoms with Gasteiger partial charge in [-0.3, -0.25) is 14.2 Å². The lowest BCUT2D eigenvalue weighted by molar-refractivity contribution is -0.137. The first-order chi connectivity index (χ1) is 14.6. The summed E-state index contributed by atoms with van der Waals surface area (Å²) >= 11 is 10.8. The number of carbonyl (C=O) groups excluding carboxylic acids is 1. The van der Waals surface area contributed by atoms with Gasteiger partial charge in [-0.25, -0.2) is 0 Å². The Hall–Kier alpha value is -2.69. The zero-order valence-electron chi connectivity index (χ0n) is 16.2. The van der Waals surface area contributed by atoms with Gasteiger partial charge < -0.3 is 15.0 Å². The van der Waals surface area contributed by atoms with E-state index in [2.05, 4.69) is 10.3 Å². The van der Waals surface area contributed by atoms with Crippen LogP contribution < -0.4 is 10.9 Å².